The lowest BCUT2D eigenvalue weighted by Gasteiger charge is -2.01. The topological polar surface area (TPSA) is 56.3 Å². The third-order valence-corrected chi connectivity index (χ3v) is 5.30. The van der Waals surface area contributed by atoms with E-state index in [9.17, 15) is 10.1 Å². The van der Waals surface area contributed by atoms with Crippen LogP contribution in [0.25, 0.3) is 21.8 Å². The number of nitrogens with zero attached hydrogens (tertiary/aromatic N) is 2. The number of hydrogen-bond donors (Lipinski definition) is 1. The number of nitro benzene ring substituents is 1. The second kappa shape index (κ2) is 6.62. The minimum Gasteiger partial charge on any atom is -0.497 e. The van der Waals surface area contributed by atoms with Gasteiger partial charge >= 0.3 is 0 Å². The normalized spacial score (nSPS) is 10.6. The summed E-state index contributed by atoms with van der Waals surface area (Å²) in [6.45, 7) is 0. The molecule has 3 rings (SSSR count). The zero-order valence-corrected chi connectivity index (χ0v) is 14.8. The Balaban J connectivity index is 2.03. The van der Waals surface area contributed by atoms with Crippen molar-refractivity contribution in [3.8, 4) is 27.6 Å². The molecule has 1 aromatic heterocycles. The minimum atomic E-state index is -0.398. The lowest BCUT2D eigenvalue weighted by atomic mass is 10.1. The summed E-state index contributed by atoms with van der Waals surface area (Å²) in [6, 6.07) is 14.3. The number of thiol groups is 1. The van der Waals surface area contributed by atoms with Crippen LogP contribution in [0, 0.1) is 10.1 Å². The van der Waals surface area contributed by atoms with Crippen molar-refractivity contribution in [2.75, 3.05) is 7.11 Å². The van der Waals surface area contributed by atoms with Gasteiger partial charge in [-0.15, -0.1) is 12.6 Å². The average Bonchev–Trinajstić information content (AvgIpc) is 2.89. The Bertz CT molecular complexity index is 887. The first-order valence-electron chi connectivity index (χ1n) is 7.12. The van der Waals surface area contributed by atoms with Gasteiger partial charge in [0.25, 0.3) is 10.7 Å². The van der Waals surface area contributed by atoms with Gasteiger partial charge in [0.2, 0.25) is 5.69 Å². The number of hydrogen-bond acceptors (Lipinski definition) is 5. The maximum atomic E-state index is 10.8. The van der Waals surface area contributed by atoms with Crippen LogP contribution in [0.1, 0.15) is 0 Å². The molecule has 0 saturated carbocycles. The zero-order chi connectivity index (χ0) is 17.3. The lowest BCUT2D eigenvalue weighted by molar-refractivity contribution is -0.646. The van der Waals surface area contributed by atoms with Crippen LogP contribution in [0.15, 0.2) is 52.7 Å². The van der Waals surface area contributed by atoms with E-state index in [-0.39, 0.29) is 5.69 Å². The number of thiazole rings is 1. The molecule has 0 atom stereocenters. The molecule has 2 aromatic carbocycles. The molecule has 7 heteroatoms. The summed E-state index contributed by atoms with van der Waals surface area (Å²) < 4.78 is 8.13. The van der Waals surface area contributed by atoms with Crippen LogP contribution >= 0.6 is 24.0 Å². The Labute approximate surface area is 148 Å². The molecule has 0 aliphatic carbocycles. The van der Waals surface area contributed by atoms with Crippen LogP contribution in [0.4, 0.5) is 5.69 Å². The maximum absolute atomic E-state index is 10.8. The molecule has 0 amide bonds. The summed E-state index contributed by atoms with van der Waals surface area (Å²) in [5, 5.41) is 11.8. The summed E-state index contributed by atoms with van der Waals surface area (Å²) in [6.07, 6.45) is 0. The van der Waals surface area contributed by atoms with Crippen molar-refractivity contribution in [3.63, 3.8) is 0 Å². The van der Waals surface area contributed by atoms with Crippen molar-refractivity contribution >= 4 is 29.7 Å². The second-order valence-corrected chi connectivity index (χ2v) is 6.90. The van der Waals surface area contributed by atoms with E-state index in [1.54, 1.807) is 19.2 Å². The van der Waals surface area contributed by atoms with Crippen molar-refractivity contribution in [1.29, 1.82) is 0 Å². The van der Waals surface area contributed by atoms with Gasteiger partial charge in [-0.1, -0.05) is 11.3 Å². The van der Waals surface area contributed by atoms with Gasteiger partial charge in [0.1, 0.15) is 17.0 Å². The number of non-ortho nitro benzene ring substituents is 1. The fraction of sp³-hybridized carbons (Fsp3) is 0.118. The summed E-state index contributed by atoms with van der Waals surface area (Å²) >= 11 is 6.15. The molecule has 0 radical (unpaired) electrons. The molecule has 0 N–H and O–H groups in total. The zero-order valence-electron chi connectivity index (χ0n) is 13.1. The number of benzene rings is 2. The number of ether oxygens (including phenoxy) is 1. The van der Waals surface area contributed by atoms with Gasteiger partial charge in [-0.25, -0.2) is 0 Å². The van der Waals surface area contributed by atoms with Crippen molar-refractivity contribution in [2.24, 2.45) is 7.05 Å². The standard InChI is InChI=1S/C17H14N2O3S2/c1-18-15(11-5-9-14(22-2)10-6-11)17(23)24-16(18)12-3-7-13(8-4-12)19(20)21/h3-10H,1-2H3/p+1. The molecule has 24 heavy (non-hydrogen) atoms. The largest absolute Gasteiger partial charge is 0.497 e. The molecular formula is C17H15N2O3S2+. The molecule has 0 bridgehead atoms. The van der Waals surface area contributed by atoms with Gasteiger partial charge in [0, 0.05) is 17.7 Å². The Kier molecular flexibility index (Phi) is 4.55. The molecular weight excluding hydrogens is 344 g/mol. The predicted molar refractivity (Wildman–Crippen MR) is 96.8 cm³/mol. The van der Waals surface area contributed by atoms with Gasteiger partial charge in [-0.05, 0) is 36.4 Å². The second-order valence-electron chi connectivity index (χ2n) is 5.15. The molecule has 1 heterocycles. The SMILES string of the molecule is COc1ccc(-c2c(S)sc(-c3ccc([N+](=O)[O-])cc3)[n+]2C)cc1. The predicted octanol–water partition coefficient (Wildman–Crippen LogP) is 4.11. The highest BCUT2D eigenvalue weighted by Crippen LogP contribution is 2.35. The van der Waals surface area contributed by atoms with Crippen LogP contribution in [0.5, 0.6) is 5.75 Å². The van der Waals surface area contributed by atoms with E-state index in [1.165, 1.54) is 23.5 Å². The van der Waals surface area contributed by atoms with Crippen LogP contribution in [-0.2, 0) is 7.05 Å². The van der Waals surface area contributed by atoms with Crippen molar-refractivity contribution in [3.05, 3.63) is 58.6 Å². The number of rotatable bonds is 4. The first-order chi connectivity index (χ1) is 11.5. The first kappa shape index (κ1) is 16.5. The molecule has 122 valence electrons. The van der Waals surface area contributed by atoms with Gasteiger partial charge in [-0.3, -0.25) is 10.1 Å². The fourth-order valence-corrected chi connectivity index (χ4v) is 4.05. The third kappa shape index (κ3) is 3.00. The monoisotopic (exact) mass is 359 g/mol. The molecule has 0 unspecified atom stereocenters. The Morgan fingerprint density at radius 2 is 1.67 bits per heavy atom. The van der Waals surface area contributed by atoms with Gasteiger partial charge in [-0.2, -0.15) is 4.57 Å². The molecule has 5 nitrogen and oxygen atoms in total. The van der Waals surface area contributed by atoms with Crippen LogP contribution < -0.4 is 9.30 Å². The smallest absolute Gasteiger partial charge is 0.270 e. The Hall–Kier alpha value is -2.38. The van der Waals surface area contributed by atoms with Crippen LogP contribution in [0.2, 0.25) is 0 Å². The highest BCUT2D eigenvalue weighted by Gasteiger charge is 2.25. The van der Waals surface area contributed by atoms with Crippen molar-refractivity contribution in [1.82, 2.24) is 0 Å². The Morgan fingerprint density at radius 3 is 2.21 bits per heavy atom. The molecule has 0 spiro atoms. The highest BCUT2D eigenvalue weighted by molar-refractivity contribution is 7.83. The van der Waals surface area contributed by atoms with Gasteiger partial charge in [0.05, 0.1) is 17.6 Å². The van der Waals surface area contributed by atoms with Crippen molar-refractivity contribution < 1.29 is 14.2 Å². The summed E-state index contributed by atoms with van der Waals surface area (Å²) in [7, 11) is 3.60. The fourth-order valence-electron chi connectivity index (χ4n) is 2.50. The summed E-state index contributed by atoms with van der Waals surface area (Å²) in [4.78, 5) is 10.4. The van der Waals surface area contributed by atoms with Crippen LogP contribution in [-0.4, -0.2) is 12.0 Å². The van der Waals surface area contributed by atoms with E-state index in [1.807, 2.05) is 31.3 Å². The molecule has 0 saturated heterocycles. The molecule has 0 aliphatic heterocycles. The van der Waals surface area contributed by atoms with E-state index in [2.05, 4.69) is 17.2 Å². The van der Waals surface area contributed by atoms with Gasteiger partial charge in [0.15, 0.2) is 0 Å². The number of nitro groups is 1. The summed E-state index contributed by atoms with van der Waals surface area (Å²) in [5.41, 5.74) is 3.04. The first-order valence-corrected chi connectivity index (χ1v) is 8.38. The number of aromatic nitrogens is 1. The van der Waals surface area contributed by atoms with E-state index in [4.69, 9.17) is 4.74 Å². The van der Waals surface area contributed by atoms with E-state index >= 15 is 0 Å². The molecule has 0 fully saturated rings. The van der Waals surface area contributed by atoms with Crippen molar-refractivity contribution in [2.45, 2.75) is 4.21 Å². The quantitative estimate of drug-likeness (QED) is 0.330. The van der Waals surface area contributed by atoms with E-state index in [0.29, 0.717) is 0 Å². The summed E-state index contributed by atoms with van der Waals surface area (Å²) in [5.74, 6) is 0.799. The molecule has 0 aliphatic rings. The minimum absolute atomic E-state index is 0.0828. The highest BCUT2D eigenvalue weighted by atomic mass is 32.2. The van der Waals surface area contributed by atoms with Gasteiger partial charge < -0.3 is 4.74 Å². The third-order valence-electron chi connectivity index (χ3n) is 3.72. The Morgan fingerprint density at radius 1 is 1.08 bits per heavy atom. The molecule has 3 aromatic rings. The van der Waals surface area contributed by atoms with E-state index in [0.717, 1.165) is 31.8 Å². The maximum Gasteiger partial charge on any atom is 0.270 e. The van der Waals surface area contributed by atoms with Crippen LogP contribution in [0.3, 0.4) is 0 Å². The van der Waals surface area contributed by atoms with E-state index < -0.39 is 4.92 Å². The average molecular weight is 359 g/mol. The lowest BCUT2D eigenvalue weighted by Crippen LogP contribution is -2.30. The number of methoxy groups -OCH3 is 1.